The maximum atomic E-state index is 13.7. The fourth-order valence-electron chi connectivity index (χ4n) is 5.47. The van der Waals surface area contributed by atoms with E-state index in [1.807, 2.05) is 6.07 Å². The summed E-state index contributed by atoms with van der Waals surface area (Å²) in [5, 5.41) is 14.8. The molecule has 52 heavy (non-hydrogen) atoms. The van der Waals surface area contributed by atoms with Crippen molar-refractivity contribution in [1.82, 2.24) is 25.9 Å². The summed E-state index contributed by atoms with van der Waals surface area (Å²) in [7, 11) is 0. The van der Waals surface area contributed by atoms with Gasteiger partial charge in [-0.3, -0.25) is 20.1 Å². The van der Waals surface area contributed by atoms with Crippen molar-refractivity contribution in [3.05, 3.63) is 53.6 Å². The Morgan fingerprint density at radius 2 is 1.46 bits per heavy atom. The van der Waals surface area contributed by atoms with E-state index in [9.17, 15) is 14.4 Å². The van der Waals surface area contributed by atoms with E-state index in [0.717, 1.165) is 13.0 Å². The molecule has 1 aliphatic heterocycles. The third-order valence-electron chi connectivity index (χ3n) is 7.98. The standard InChI is InChI=1S/C36H48N6O10/c1-2-13-46-17-19-49-21-23-51-24-22-50-20-18-47-14-10-37-30(43)25-52-27-8-6-26(7-9-27)33-32-34(40-39-33)28-4-3-5-29(31(28)35(32)44)38-36(45)41-42-11-15-48-16-12-42/h3-9H,2,10-25H2,1H3,(H,37,43)(H,39,40)(H2,38,41,45). The number of benzene rings is 2. The molecule has 0 atom stereocenters. The second kappa shape index (κ2) is 21.2. The smallest absolute Gasteiger partial charge is 0.333 e. The highest BCUT2D eigenvalue weighted by atomic mass is 16.6. The summed E-state index contributed by atoms with van der Waals surface area (Å²) in [4.78, 5) is 38.6. The molecule has 1 aliphatic carbocycles. The van der Waals surface area contributed by atoms with Crippen molar-refractivity contribution in [2.75, 3.05) is 111 Å². The zero-order valence-electron chi connectivity index (χ0n) is 29.5. The minimum Gasteiger partial charge on any atom is -0.484 e. The lowest BCUT2D eigenvalue weighted by molar-refractivity contribution is -0.123. The zero-order valence-corrected chi connectivity index (χ0v) is 29.5. The van der Waals surface area contributed by atoms with E-state index in [1.54, 1.807) is 41.4 Å². The van der Waals surface area contributed by atoms with Gasteiger partial charge in [0.2, 0.25) is 0 Å². The molecule has 5 rings (SSSR count). The van der Waals surface area contributed by atoms with Gasteiger partial charge in [0.05, 0.1) is 95.2 Å². The van der Waals surface area contributed by atoms with Crippen molar-refractivity contribution in [3.63, 3.8) is 0 Å². The molecule has 3 aromatic rings. The van der Waals surface area contributed by atoms with Gasteiger partial charge in [0.15, 0.2) is 12.4 Å². The fraction of sp³-hybridized carbons (Fsp3) is 0.500. The lowest BCUT2D eigenvalue weighted by atomic mass is 10.0. The summed E-state index contributed by atoms with van der Waals surface area (Å²) < 4.78 is 38.1. The SMILES string of the molecule is CCCOCCOCCOCCOCCOCCNC(=O)COc1ccc(-c2n[nH]c3c2C(=O)c2c(NC(=O)NN4CCOCC4)cccc2-3)cc1. The van der Waals surface area contributed by atoms with Crippen LogP contribution in [0.4, 0.5) is 10.5 Å². The Labute approximate surface area is 302 Å². The van der Waals surface area contributed by atoms with Gasteiger partial charge in [-0.05, 0) is 36.8 Å². The molecule has 2 aliphatic rings. The molecule has 0 spiro atoms. The number of aromatic amines is 1. The van der Waals surface area contributed by atoms with E-state index in [-0.39, 0.29) is 18.3 Å². The number of amides is 3. The van der Waals surface area contributed by atoms with Crippen LogP contribution in [0.5, 0.6) is 5.75 Å². The van der Waals surface area contributed by atoms with Crippen LogP contribution in [0, 0.1) is 0 Å². The zero-order chi connectivity index (χ0) is 36.4. The summed E-state index contributed by atoms with van der Waals surface area (Å²) in [5.74, 6) is -0.0355. The highest BCUT2D eigenvalue weighted by Crippen LogP contribution is 2.43. The van der Waals surface area contributed by atoms with E-state index < -0.39 is 6.03 Å². The highest BCUT2D eigenvalue weighted by molar-refractivity contribution is 6.26. The van der Waals surface area contributed by atoms with E-state index in [2.05, 4.69) is 33.2 Å². The summed E-state index contributed by atoms with van der Waals surface area (Å²) >= 11 is 0. The molecule has 2 heterocycles. The summed E-state index contributed by atoms with van der Waals surface area (Å²) in [6.07, 6.45) is 1.00. The van der Waals surface area contributed by atoms with Gasteiger partial charge >= 0.3 is 6.03 Å². The number of hydrogen-bond donors (Lipinski definition) is 4. The number of hydrazine groups is 1. The van der Waals surface area contributed by atoms with Crippen LogP contribution in [0.25, 0.3) is 22.5 Å². The molecule has 2 aromatic carbocycles. The van der Waals surface area contributed by atoms with Crippen LogP contribution < -0.4 is 20.8 Å². The normalized spacial score (nSPS) is 13.8. The molecule has 16 heteroatoms. The second-order valence-electron chi connectivity index (χ2n) is 11.8. The number of nitrogens with zero attached hydrogens (tertiary/aromatic N) is 2. The number of anilines is 1. The molecule has 0 radical (unpaired) electrons. The Kier molecular flexibility index (Phi) is 15.8. The molecule has 0 unspecified atom stereocenters. The topological polar surface area (TPSA) is 184 Å². The van der Waals surface area contributed by atoms with Crippen molar-refractivity contribution in [1.29, 1.82) is 0 Å². The second-order valence-corrected chi connectivity index (χ2v) is 11.8. The predicted octanol–water partition coefficient (Wildman–Crippen LogP) is 2.64. The largest absolute Gasteiger partial charge is 0.484 e. The summed E-state index contributed by atoms with van der Waals surface area (Å²) in [6.45, 7) is 9.53. The number of urea groups is 1. The number of hydrogen-bond acceptors (Lipinski definition) is 12. The van der Waals surface area contributed by atoms with Crippen LogP contribution in [0.2, 0.25) is 0 Å². The van der Waals surface area contributed by atoms with Crippen LogP contribution >= 0.6 is 0 Å². The first-order valence-corrected chi connectivity index (χ1v) is 17.6. The highest BCUT2D eigenvalue weighted by Gasteiger charge is 2.35. The Morgan fingerprint density at radius 3 is 2.12 bits per heavy atom. The van der Waals surface area contributed by atoms with E-state index in [1.165, 1.54) is 0 Å². The molecule has 16 nitrogen and oxygen atoms in total. The third kappa shape index (κ3) is 11.5. The Balaban J connectivity index is 0.957. The molecular formula is C36H48N6O10. The van der Waals surface area contributed by atoms with E-state index in [4.69, 9.17) is 33.2 Å². The van der Waals surface area contributed by atoms with Crippen molar-refractivity contribution in [3.8, 4) is 28.3 Å². The number of rotatable bonds is 23. The minimum atomic E-state index is -0.434. The van der Waals surface area contributed by atoms with E-state index in [0.29, 0.717) is 137 Å². The molecule has 0 saturated carbocycles. The van der Waals surface area contributed by atoms with Crippen molar-refractivity contribution >= 4 is 23.4 Å². The van der Waals surface area contributed by atoms with Crippen LogP contribution in [0.15, 0.2) is 42.5 Å². The van der Waals surface area contributed by atoms with Gasteiger partial charge in [-0.2, -0.15) is 5.10 Å². The monoisotopic (exact) mass is 724 g/mol. The van der Waals surface area contributed by atoms with Gasteiger partial charge in [0, 0.05) is 37.4 Å². The third-order valence-corrected chi connectivity index (χ3v) is 7.98. The van der Waals surface area contributed by atoms with Crippen LogP contribution in [-0.2, 0) is 33.2 Å². The van der Waals surface area contributed by atoms with Crippen molar-refractivity contribution in [2.45, 2.75) is 13.3 Å². The maximum Gasteiger partial charge on any atom is 0.333 e. The fourth-order valence-corrected chi connectivity index (χ4v) is 5.47. The van der Waals surface area contributed by atoms with Gasteiger partial charge in [0.1, 0.15) is 11.4 Å². The maximum absolute atomic E-state index is 13.7. The number of ether oxygens (including phenoxy) is 7. The molecular weight excluding hydrogens is 676 g/mol. The molecule has 4 N–H and O–H groups in total. The predicted molar refractivity (Wildman–Crippen MR) is 190 cm³/mol. The van der Waals surface area contributed by atoms with Gasteiger partial charge in [-0.1, -0.05) is 19.1 Å². The molecule has 0 bridgehead atoms. The number of fused-ring (bicyclic) bond motifs is 3. The van der Waals surface area contributed by atoms with Crippen LogP contribution in [0.1, 0.15) is 29.3 Å². The van der Waals surface area contributed by atoms with Gasteiger partial charge in [-0.15, -0.1) is 0 Å². The summed E-state index contributed by atoms with van der Waals surface area (Å²) in [5.41, 5.74) is 6.46. The van der Waals surface area contributed by atoms with E-state index >= 15 is 0 Å². The lowest BCUT2D eigenvalue weighted by Gasteiger charge is -2.27. The first-order chi connectivity index (χ1) is 25.5. The van der Waals surface area contributed by atoms with Crippen LogP contribution in [-0.4, -0.2) is 138 Å². The molecule has 1 saturated heterocycles. The van der Waals surface area contributed by atoms with Gasteiger partial charge in [0.25, 0.3) is 5.91 Å². The molecule has 282 valence electrons. The number of carbonyl (C=O) groups is 3. The minimum absolute atomic E-state index is 0.166. The average molecular weight is 725 g/mol. The number of nitrogens with one attached hydrogen (secondary N) is 4. The number of aromatic nitrogens is 2. The van der Waals surface area contributed by atoms with Crippen molar-refractivity contribution < 1.29 is 47.5 Å². The molecule has 1 fully saturated rings. The first kappa shape index (κ1) is 38.8. The molecule has 3 amide bonds. The average Bonchev–Trinajstić information content (AvgIpc) is 3.72. The number of carbonyl (C=O) groups excluding carboxylic acids is 3. The van der Waals surface area contributed by atoms with Crippen molar-refractivity contribution in [2.24, 2.45) is 0 Å². The number of H-pyrrole nitrogens is 1. The quantitative estimate of drug-likeness (QED) is 0.0822. The number of ketones is 1. The lowest BCUT2D eigenvalue weighted by Crippen LogP contribution is -2.49. The first-order valence-electron chi connectivity index (χ1n) is 17.6. The Hall–Kier alpha value is -4.42. The van der Waals surface area contributed by atoms with Gasteiger partial charge in [-0.25, -0.2) is 9.80 Å². The van der Waals surface area contributed by atoms with Gasteiger partial charge < -0.3 is 43.8 Å². The summed E-state index contributed by atoms with van der Waals surface area (Å²) in [6, 6.07) is 11.8. The number of morpholine rings is 1. The Morgan fingerprint density at radius 1 is 0.827 bits per heavy atom. The Bertz CT molecular complexity index is 1580. The van der Waals surface area contributed by atoms with Crippen LogP contribution in [0.3, 0.4) is 0 Å². The molecule has 1 aromatic heterocycles.